The quantitative estimate of drug-likeness (QED) is 0.207. The number of sulfonamides is 1. The van der Waals surface area contributed by atoms with Crippen LogP contribution in [-0.4, -0.2) is 51.4 Å². The number of carbonyl (C=O) groups excluding carboxylic acids is 2. The topological polar surface area (TPSA) is 96.0 Å². The van der Waals surface area contributed by atoms with E-state index in [-0.39, 0.29) is 17.9 Å². The Hall–Kier alpha value is -3.77. The molecule has 0 unspecified atom stereocenters. The zero-order valence-corrected chi connectivity index (χ0v) is 26.2. The van der Waals surface area contributed by atoms with Crippen molar-refractivity contribution in [1.82, 2.24) is 10.2 Å². The van der Waals surface area contributed by atoms with Crippen molar-refractivity contribution in [2.75, 3.05) is 24.5 Å². The van der Waals surface area contributed by atoms with E-state index in [4.69, 9.17) is 16.3 Å². The number of hydrogen-bond acceptors (Lipinski definition) is 5. The minimum Gasteiger partial charge on any atom is -0.497 e. The lowest BCUT2D eigenvalue weighted by atomic mass is 10.1. The number of nitrogens with one attached hydrogen (secondary N) is 1. The van der Waals surface area contributed by atoms with Crippen LogP contribution in [0.25, 0.3) is 0 Å². The molecule has 0 aliphatic heterocycles. The fraction of sp³-hybridized carbons (Fsp3) is 0.355. The van der Waals surface area contributed by atoms with Gasteiger partial charge in [0.25, 0.3) is 10.0 Å². The molecule has 0 aliphatic carbocycles. The lowest BCUT2D eigenvalue weighted by Crippen LogP contribution is -2.52. The van der Waals surface area contributed by atoms with E-state index in [0.717, 1.165) is 25.0 Å². The molecular weight excluding hydrogens is 619 g/mol. The summed E-state index contributed by atoms with van der Waals surface area (Å²) in [7, 11) is -3.05. The van der Waals surface area contributed by atoms with Crippen LogP contribution in [0.5, 0.6) is 5.75 Å². The number of amides is 2. The Balaban J connectivity index is 2.11. The molecule has 2 amide bonds. The standard InChI is InChI=1S/C31H35ClF3N3O5S/c1-4-6-18-36-30(40)28(5-2)37(20-22-12-15-24(43-3)16-13-22)29(39)21-38(44(41,42)25-10-8-7-9-11-25)23-14-17-27(32)26(19-23)31(33,34)35/h7-17,19,28H,4-6,18,20-21H2,1-3H3,(H,36,40)/t28-/m0/s1. The van der Waals surface area contributed by atoms with Gasteiger partial charge in [0.1, 0.15) is 18.3 Å². The number of rotatable bonds is 14. The van der Waals surface area contributed by atoms with Crippen LogP contribution in [0.3, 0.4) is 0 Å². The summed E-state index contributed by atoms with van der Waals surface area (Å²) in [6, 6.07) is 15.5. The van der Waals surface area contributed by atoms with Crippen molar-refractivity contribution in [1.29, 1.82) is 0 Å². The zero-order valence-electron chi connectivity index (χ0n) is 24.6. The first-order valence-electron chi connectivity index (χ1n) is 14.0. The van der Waals surface area contributed by atoms with Gasteiger partial charge in [-0.2, -0.15) is 13.2 Å². The third-order valence-electron chi connectivity index (χ3n) is 6.88. The third kappa shape index (κ3) is 8.66. The lowest BCUT2D eigenvalue weighted by Gasteiger charge is -2.33. The highest BCUT2D eigenvalue weighted by Crippen LogP contribution is 2.38. The number of carbonyl (C=O) groups is 2. The van der Waals surface area contributed by atoms with Gasteiger partial charge in [0.05, 0.1) is 28.3 Å². The number of halogens is 4. The summed E-state index contributed by atoms with van der Waals surface area (Å²) in [5.74, 6) is -0.647. The van der Waals surface area contributed by atoms with E-state index in [1.807, 2.05) is 6.92 Å². The average Bonchev–Trinajstić information content (AvgIpc) is 3.00. The van der Waals surface area contributed by atoms with Gasteiger partial charge in [0.15, 0.2) is 0 Å². The fourth-order valence-electron chi connectivity index (χ4n) is 4.49. The Morgan fingerprint density at radius 1 is 1.00 bits per heavy atom. The van der Waals surface area contributed by atoms with Gasteiger partial charge in [-0.1, -0.05) is 62.2 Å². The third-order valence-corrected chi connectivity index (χ3v) is 9.00. The number of nitrogens with zero attached hydrogens (tertiary/aromatic N) is 2. The highest BCUT2D eigenvalue weighted by atomic mass is 35.5. The van der Waals surface area contributed by atoms with Gasteiger partial charge in [-0.05, 0) is 60.9 Å². The van der Waals surface area contributed by atoms with Crippen molar-refractivity contribution in [3.05, 3.63) is 88.9 Å². The number of alkyl halides is 3. The maximum Gasteiger partial charge on any atom is 0.417 e. The molecule has 1 N–H and O–H groups in total. The zero-order chi connectivity index (χ0) is 32.5. The van der Waals surface area contributed by atoms with Crippen molar-refractivity contribution >= 4 is 39.1 Å². The molecule has 0 heterocycles. The number of hydrogen-bond donors (Lipinski definition) is 1. The van der Waals surface area contributed by atoms with E-state index < -0.39 is 56.9 Å². The van der Waals surface area contributed by atoms with Gasteiger partial charge in [-0.25, -0.2) is 8.42 Å². The summed E-state index contributed by atoms with van der Waals surface area (Å²) in [5.41, 5.74) is -1.04. The van der Waals surface area contributed by atoms with E-state index in [0.29, 0.717) is 28.2 Å². The molecule has 0 aliphatic rings. The van der Waals surface area contributed by atoms with Gasteiger partial charge in [-0.3, -0.25) is 13.9 Å². The molecule has 3 aromatic carbocycles. The minimum absolute atomic E-state index is 0.0732. The van der Waals surface area contributed by atoms with Crippen LogP contribution in [0.2, 0.25) is 5.02 Å². The van der Waals surface area contributed by atoms with Crippen LogP contribution < -0.4 is 14.4 Å². The first-order chi connectivity index (χ1) is 20.8. The molecule has 0 saturated carbocycles. The summed E-state index contributed by atoms with van der Waals surface area (Å²) >= 11 is 5.82. The van der Waals surface area contributed by atoms with Crippen LogP contribution in [0.1, 0.15) is 44.2 Å². The van der Waals surface area contributed by atoms with Gasteiger partial charge >= 0.3 is 6.18 Å². The number of ether oxygens (including phenoxy) is 1. The predicted octanol–water partition coefficient (Wildman–Crippen LogP) is 6.29. The SMILES string of the molecule is CCCCNC(=O)[C@H](CC)N(Cc1ccc(OC)cc1)C(=O)CN(c1ccc(Cl)c(C(F)(F)F)c1)S(=O)(=O)c1ccccc1. The molecule has 0 bridgehead atoms. The Bertz CT molecular complexity index is 1520. The molecule has 0 aromatic heterocycles. The number of methoxy groups -OCH3 is 1. The lowest BCUT2D eigenvalue weighted by molar-refractivity contribution is -0.140. The molecule has 238 valence electrons. The van der Waals surface area contributed by atoms with E-state index >= 15 is 0 Å². The van der Waals surface area contributed by atoms with Crippen molar-refractivity contribution in [3.63, 3.8) is 0 Å². The van der Waals surface area contributed by atoms with Crippen molar-refractivity contribution in [2.24, 2.45) is 0 Å². The smallest absolute Gasteiger partial charge is 0.417 e. The van der Waals surface area contributed by atoms with Crippen LogP contribution >= 0.6 is 11.6 Å². The van der Waals surface area contributed by atoms with E-state index in [1.165, 1.54) is 36.3 Å². The number of benzene rings is 3. The molecule has 3 rings (SSSR count). The summed E-state index contributed by atoms with van der Waals surface area (Å²) in [5, 5.41) is 2.20. The fourth-order valence-corrected chi connectivity index (χ4v) is 6.14. The highest BCUT2D eigenvalue weighted by Gasteiger charge is 2.37. The summed E-state index contributed by atoms with van der Waals surface area (Å²) in [6.45, 7) is 3.11. The van der Waals surface area contributed by atoms with E-state index in [1.54, 1.807) is 37.3 Å². The summed E-state index contributed by atoms with van der Waals surface area (Å²) < 4.78 is 74.9. The Kier molecular flexibility index (Phi) is 12.1. The molecule has 44 heavy (non-hydrogen) atoms. The molecule has 0 saturated heterocycles. The monoisotopic (exact) mass is 653 g/mol. The maximum absolute atomic E-state index is 14.1. The Morgan fingerprint density at radius 3 is 2.23 bits per heavy atom. The molecule has 0 radical (unpaired) electrons. The van der Waals surface area contributed by atoms with Gasteiger partial charge < -0.3 is 15.0 Å². The first-order valence-corrected chi connectivity index (χ1v) is 15.8. The molecule has 1 atom stereocenters. The highest BCUT2D eigenvalue weighted by molar-refractivity contribution is 7.92. The van der Waals surface area contributed by atoms with Crippen LogP contribution in [-0.2, 0) is 32.3 Å². The van der Waals surface area contributed by atoms with Gasteiger partial charge in [0, 0.05) is 13.1 Å². The second kappa shape index (κ2) is 15.3. The largest absolute Gasteiger partial charge is 0.497 e. The van der Waals surface area contributed by atoms with E-state index in [9.17, 15) is 31.2 Å². The molecule has 13 heteroatoms. The number of unbranched alkanes of at least 4 members (excludes halogenated alkanes) is 1. The number of anilines is 1. The molecule has 0 fully saturated rings. The average molecular weight is 654 g/mol. The predicted molar refractivity (Wildman–Crippen MR) is 163 cm³/mol. The molecular formula is C31H35ClF3N3O5S. The van der Waals surface area contributed by atoms with Crippen LogP contribution in [0.15, 0.2) is 77.7 Å². The normalized spacial score (nSPS) is 12.3. The second-order valence-electron chi connectivity index (χ2n) is 9.92. The van der Waals surface area contributed by atoms with Gasteiger partial charge in [-0.15, -0.1) is 0 Å². The minimum atomic E-state index is -4.89. The Morgan fingerprint density at radius 2 is 1.66 bits per heavy atom. The summed E-state index contributed by atoms with van der Waals surface area (Å²) in [6.07, 6.45) is -3.14. The van der Waals surface area contributed by atoms with Crippen molar-refractivity contribution in [3.8, 4) is 5.75 Å². The van der Waals surface area contributed by atoms with Crippen LogP contribution in [0, 0.1) is 0 Å². The maximum atomic E-state index is 14.1. The van der Waals surface area contributed by atoms with Crippen molar-refractivity contribution < 1.29 is 35.9 Å². The first kappa shape index (κ1) is 34.7. The van der Waals surface area contributed by atoms with Crippen molar-refractivity contribution in [2.45, 2.75) is 56.8 Å². The second-order valence-corrected chi connectivity index (χ2v) is 12.2. The molecule has 0 spiro atoms. The van der Waals surface area contributed by atoms with Gasteiger partial charge in [0.2, 0.25) is 11.8 Å². The molecule has 3 aromatic rings. The Labute approximate surface area is 260 Å². The van der Waals surface area contributed by atoms with E-state index in [2.05, 4.69) is 5.32 Å². The molecule has 8 nitrogen and oxygen atoms in total. The van der Waals surface area contributed by atoms with Crippen LogP contribution in [0.4, 0.5) is 18.9 Å². The summed E-state index contributed by atoms with van der Waals surface area (Å²) in [4.78, 5) is 28.4.